The number of nitrogens with zero attached hydrogens (tertiary/aromatic N) is 4. The normalized spacial score (nSPS) is 13.0. The van der Waals surface area contributed by atoms with Crippen LogP contribution in [0.3, 0.4) is 0 Å². The van der Waals surface area contributed by atoms with Gasteiger partial charge in [0.25, 0.3) is 30.4 Å². The lowest BCUT2D eigenvalue weighted by Gasteiger charge is -2.13. The third kappa shape index (κ3) is 7.98. The van der Waals surface area contributed by atoms with Crippen molar-refractivity contribution in [3.8, 4) is 22.6 Å². The fraction of sp³-hybridized carbons (Fsp3) is 0.0588. The van der Waals surface area contributed by atoms with Crippen molar-refractivity contribution >= 4 is 84.8 Å². The molecule has 0 aliphatic heterocycles. The molecule has 0 atom stereocenters. The Morgan fingerprint density at radius 2 is 1.07 bits per heavy atom. The van der Waals surface area contributed by atoms with Crippen molar-refractivity contribution in [1.29, 1.82) is 0 Å². The van der Waals surface area contributed by atoms with Crippen LogP contribution in [-0.2, 0) is 40.5 Å². The molecule has 0 saturated carbocycles. The van der Waals surface area contributed by atoms with E-state index in [1.54, 1.807) is 50.2 Å². The van der Waals surface area contributed by atoms with Gasteiger partial charge in [0, 0.05) is 15.1 Å². The van der Waals surface area contributed by atoms with Crippen molar-refractivity contribution in [3.63, 3.8) is 0 Å². The lowest BCUT2D eigenvalue weighted by atomic mass is 10.0. The molecule has 0 unspecified atom stereocenters. The van der Waals surface area contributed by atoms with Crippen LogP contribution in [0.15, 0.2) is 125 Å². The number of rotatable bonds is 9. The van der Waals surface area contributed by atoms with Crippen LogP contribution in [-0.4, -0.2) is 62.1 Å². The number of benzene rings is 6. The van der Waals surface area contributed by atoms with Crippen molar-refractivity contribution in [2.45, 2.75) is 33.4 Å². The zero-order valence-corrected chi connectivity index (χ0v) is 31.7. The summed E-state index contributed by atoms with van der Waals surface area (Å²) >= 11 is 0. The third-order valence-corrected chi connectivity index (χ3v) is 11.8. The SMILES string of the molecule is Cc1cc(-c2ccc(N=Nc3c(O)ccc4cc(S(=O)(=O)[O-])cc(S(=O)(=O)O)c34)c(C)c2)ccc1N=Nc1c(O)c(S(=O)(=O)O)cc2cc(S(=O)(=O)O)ccc12.[HH].[HH].[HH]. The lowest BCUT2D eigenvalue weighted by molar-refractivity contribution is 0.444. The maximum atomic E-state index is 12.2. The molecule has 6 aromatic carbocycles. The highest BCUT2D eigenvalue weighted by Crippen LogP contribution is 2.43. The number of fused-ring (bicyclic) bond motifs is 2. The van der Waals surface area contributed by atoms with E-state index in [1.165, 1.54) is 6.07 Å². The van der Waals surface area contributed by atoms with Gasteiger partial charge in [-0.2, -0.15) is 35.5 Å². The summed E-state index contributed by atoms with van der Waals surface area (Å²) in [7, 11) is -20.0. The number of aromatic hydroxyl groups is 2. The molecule has 296 valence electrons. The first-order valence-electron chi connectivity index (χ1n) is 15.5. The van der Waals surface area contributed by atoms with Gasteiger partial charge in [0.1, 0.15) is 37.0 Å². The summed E-state index contributed by atoms with van der Waals surface area (Å²) in [6.07, 6.45) is 0. The Kier molecular flexibility index (Phi) is 10.1. The van der Waals surface area contributed by atoms with Crippen molar-refractivity contribution in [2.24, 2.45) is 20.5 Å². The molecule has 22 heteroatoms. The molecule has 0 heterocycles. The molecule has 0 spiro atoms. The molecule has 5 N–H and O–H groups in total. The Bertz CT molecular complexity index is 3140. The Balaban J connectivity index is 0.00000310. The van der Waals surface area contributed by atoms with Gasteiger partial charge >= 0.3 is 0 Å². The average molecular weight is 848 g/mol. The molecule has 0 saturated heterocycles. The fourth-order valence-corrected chi connectivity index (χ4v) is 8.20. The van der Waals surface area contributed by atoms with E-state index in [4.69, 9.17) is 0 Å². The standard InChI is InChI=1S/C34H26N4O14S4.3H2/c1-17-11-19(3-8-26(17)35-37-32-25-7-6-23(53(41,42)43)14-22(25)15-30(34(32)40)56(50,51)52)20-4-9-27(18(2)12-20)36-38-33-28(39)10-5-21-13-24(54(44,45)46)16-29(31(21)33)55(47,48)49;;;/h3-16,39-40H,1-2H3,(H,41,42,43)(H,44,45,46)(H,47,48,49)(H,50,51,52);3*1H/p-1. The van der Waals surface area contributed by atoms with Crippen LogP contribution in [0.5, 0.6) is 11.5 Å². The topological polar surface area (TPSA) is 310 Å². The van der Waals surface area contributed by atoms with E-state index in [9.17, 15) is 62.1 Å². The van der Waals surface area contributed by atoms with E-state index >= 15 is 0 Å². The molecule has 6 aromatic rings. The maximum absolute atomic E-state index is 12.2. The number of phenolic OH excluding ortho intramolecular Hbond substituents is 2. The fourth-order valence-electron chi connectivity index (χ4n) is 5.71. The van der Waals surface area contributed by atoms with E-state index < -0.39 is 82.9 Å². The first-order valence-corrected chi connectivity index (χ1v) is 21.2. The van der Waals surface area contributed by atoms with E-state index in [-0.39, 0.29) is 37.2 Å². The zero-order chi connectivity index (χ0) is 41.1. The van der Waals surface area contributed by atoms with Gasteiger partial charge < -0.3 is 14.8 Å². The minimum atomic E-state index is -5.14. The zero-order valence-electron chi connectivity index (χ0n) is 28.4. The molecule has 0 aliphatic rings. The minimum Gasteiger partial charge on any atom is -0.744 e. The molecule has 0 amide bonds. The Labute approximate surface area is 322 Å². The summed E-state index contributed by atoms with van der Waals surface area (Å²) in [5.74, 6) is -1.52. The second kappa shape index (κ2) is 14.1. The molecule has 18 nitrogen and oxygen atoms in total. The summed E-state index contributed by atoms with van der Waals surface area (Å²) < 4.78 is 136. The summed E-state index contributed by atoms with van der Waals surface area (Å²) in [5, 5.41) is 37.0. The number of phenols is 2. The summed E-state index contributed by atoms with van der Waals surface area (Å²) in [4.78, 5) is -3.46. The van der Waals surface area contributed by atoms with E-state index in [2.05, 4.69) is 20.5 Å². The number of azo groups is 2. The Morgan fingerprint density at radius 1 is 0.536 bits per heavy atom. The first-order chi connectivity index (χ1) is 25.9. The molecule has 0 radical (unpaired) electrons. The molecular formula is C34H31N4O14S4-. The molecule has 0 fully saturated rings. The summed E-state index contributed by atoms with van der Waals surface area (Å²) in [6.45, 7) is 3.37. The highest BCUT2D eigenvalue weighted by Gasteiger charge is 2.24. The van der Waals surface area contributed by atoms with Gasteiger partial charge in [-0.3, -0.25) is 13.7 Å². The van der Waals surface area contributed by atoms with Gasteiger partial charge in [-0.05, 0) is 108 Å². The highest BCUT2D eigenvalue weighted by atomic mass is 32.2. The van der Waals surface area contributed by atoms with Crippen LogP contribution in [0.1, 0.15) is 15.4 Å². The smallest absolute Gasteiger partial charge is 0.298 e. The third-order valence-electron chi connectivity index (χ3n) is 8.41. The average Bonchev–Trinajstić information content (AvgIpc) is 3.09. The monoisotopic (exact) mass is 847 g/mol. The molecule has 56 heavy (non-hydrogen) atoms. The van der Waals surface area contributed by atoms with Gasteiger partial charge in [0.15, 0.2) is 5.75 Å². The van der Waals surface area contributed by atoms with Crippen molar-refractivity contribution in [1.82, 2.24) is 0 Å². The summed E-state index contributed by atoms with van der Waals surface area (Å²) in [5.41, 5.74) is 2.18. The van der Waals surface area contributed by atoms with Crippen LogP contribution in [0.25, 0.3) is 32.7 Å². The van der Waals surface area contributed by atoms with Crippen LogP contribution >= 0.6 is 0 Å². The van der Waals surface area contributed by atoms with Gasteiger partial charge in [-0.25, -0.2) is 8.42 Å². The molecule has 6 rings (SSSR count). The number of aryl methyl sites for hydroxylation is 2. The van der Waals surface area contributed by atoms with Gasteiger partial charge in [-0.1, -0.05) is 24.3 Å². The highest BCUT2D eigenvalue weighted by molar-refractivity contribution is 7.87. The predicted molar refractivity (Wildman–Crippen MR) is 205 cm³/mol. The van der Waals surface area contributed by atoms with Gasteiger partial charge in [-0.15, -0.1) is 10.2 Å². The van der Waals surface area contributed by atoms with Crippen LogP contribution < -0.4 is 0 Å². The number of hydrogen-bond donors (Lipinski definition) is 5. The minimum absolute atomic E-state index is 0. The van der Waals surface area contributed by atoms with Crippen LogP contribution in [0.2, 0.25) is 0 Å². The number of hydrogen-bond acceptors (Lipinski definition) is 15. The van der Waals surface area contributed by atoms with Crippen LogP contribution in [0, 0.1) is 13.8 Å². The van der Waals surface area contributed by atoms with Crippen molar-refractivity contribution in [2.75, 3.05) is 0 Å². The van der Waals surface area contributed by atoms with Gasteiger partial charge in [0.05, 0.1) is 21.2 Å². The molecule has 0 aliphatic carbocycles. The van der Waals surface area contributed by atoms with E-state index in [1.807, 2.05) is 0 Å². The quantitative estimate of drug-likeness (QED) is 0.0682. The second-order valence-electron chi connectivity index (χ2n) is 12.2. The first kappa shape index (κ1) is 40.0. The summed E-state index contributed by atoms with van der Waals surface area (Å²) in [6, 6.07) is 17.4. The van der Waals surface area contributed by atoms with Crippen molar-refractivity contribution < 1.29 is 66.4 Å². The molecule has 0 aromatic heterocycles. The largest absolute Gasteiger partial charge is 0.744 e. The second-order valence-corrected chi connectivity index (χ2v) is 17.8. The maximum Gasteiger partial charge on any atom is 0.298 e. The predicted octanol–water partition coefficient (Wildman–Crippen LogP) is 7.90. The molecule has 0 bridgehead atoms. The molecular weight excluding hydrogens is 817 g/mol. The van der Waals surface area contributed by atoms with Gasteiger partial charge in [0.2, 0.25) is 0 Å². The Hall–Kier alpha value is -5.72. The van der Waals surface area contributed by atoms with E-state index in [0.29, 0.717) is 28.3 Å². The van der Waals surface area contributed by atoms with Crippen LogP contribution in [0.4, 0.5) is 22.7 Å². The van der Waals surface area contributed by atoms with E-state index in [0.717, 1.165) is 36.4 Å². The lowest BCUT2D eigenvalue weighted by Crippen LogP contribution is -2.04. The Morgan fingerprint density at radius 3 is 1.57 bits per heavy atom. The van der Waals surface area contributed by atoms with Crippen molar-refractivity contribution in [3.05, 3.63) is 96.1 Å².